The average Bonchev–Trinajstić information content (AvgIpc) is 2.81. The Morgan fingerprint density at radius 2 is 2.00 bits per heavy atom. The fourth-order valence-corrected chi connectivity index (χ4v) is 2.81. The van der Waals surface area contributed by atoms with Crippen molar-refractivity contribution in [1.29, 1.82) is 0 Å². The molecular formula is C15H20N2OS. The van der Waals surface area contributed by atoms with E-state index in [9.17, 15) is 5.11 Å². The third-order valence-corrected chi connectivity index (χ3v) is 4.33. The lowest BCUT2D eigenvalue weighted by Gasteiger charge is -2.21. The second-order valence-electron chi connectivity index (χ2n) is 4.92. The molecule has 0 aliphatic heterocycles. The maximum Gasteiger partial charge on any atom is 0.105 e. The standard InChI is InChI=1S/C15H20N2OS/c1-9-4-5-12(6-10(9)2)13(7-16)15(18)14-8-19-11(3)17-14/h4-6,8,13,15,18H,7,16H2,1-3H3. The maximum atomic E-state index is 10.5. The van der Waals surface area contributed by atoms with Crippen LogP contribution in [0.4, 0.5) is 0 Å². The number of nitrogens with two attached hydrogens (primary N) is 1. The van der Waals surface area contributed by atoms with Gasteiger partial charge in [-0.25, -0.2) is 4.98 Å². The van der Waals surface area contributed by atoms with E-state index >= 15 is 0 Å². The monoisotopic (exact) mass is 276 g/mol. The van der Waals surface area contributed by atoms with Gasteiger partial charge in [0.2, 0.25) is 0 Å². The minimum Gasteiger partial charge on any atom is -0.386 e. The molecule has 2 rings (SSSR count). The molecule has 19 heavy (non-hydrogen) atoms. The van der Waals surface area contributed by atoms with Crippen LogP contribution >= 0.6 is 11.3 Å². The Morgan fingerprint density at radius 3 is 2.53 bits per heavy atom. The second-order valence-corrected chi connectivity index (χ2v) is 5.98. The molecule has 3 nitrogen and oxygen atoms in total. The molecule has 1 aromatic heterocycles. The summed E-state index contributed by atoms with van der Waals surface area (Å²) in [6, 6.07) is 6.23. The van der Waals surface area contributed by atoms with Crippen LogP contribution in [0.5, 0.6) is 0 Å². The van der Waals surface area contributed by atoms with Crippen LogP contribution in [0.25, 0.3) is 0 Å². The molecule has 0 aliphatic carbocycles. The fraction of sp³-hybridized carbons (Fsp3) is 0.400. The number of benzene rings is 1. The first-order valence-electron chi connectivity index (χ1n) is 6.40. The molecule has 3 N–H and O–H groups in total. The van der Waals surface area contributed by atoms with Gasteiger partial charge >= 0.3 is 0 Å². The summed E-state index contributed by atoms with van der Waals surface area (Å²) in [4.78, 5) is 4.36. The first-order valence-corrected chi connectivity index (χ1v) is 7.28. The Hall–Kier alpha value is -1.23. The van der Waals surface area contributed by atoms with Crippen LogP contribution < -0.4 is 5.73 Å². The second kappa shape index (κ2) is 5.82. The SMILES string of the molecule is Cc1nc(C(O)C(CN)c2ccc(C)c(C)c2)cs1. The van der Waals surface area contributed by atoms with Crippen LogP contribution in [-0.2, 0) is 0 Å². The summed E-state index contributed by atoms with van der Waals surface area (Å²) in [7, 11) is 0. The van der Waals surface area contributed by atoms with Gasteiger partial charge in [0, 0.05) is 17.8 Å². The number of rotatable bonds is 4. The van der Waals surface area contributed by atoms with Crippen LogP contribution in [-0.4, -0.2) is 16.6 Å². The molecule has 4 heteroatoms. The lowest BCUT2D eigenvalue weighted by Crippen LogP contribution is -2.20. The molecule has 1 aromatic carbocycles. The van der Waals surface area contributed by atoms with Gasteiger partial charge in [-0.15, -0.1) is 11.3 Å². The number of nitrogens with zero attached hydrogens (tertiary/aromatic N) is 1. The van der Waals surface area contributed by atoms with Crippen molar-refractivity contribution in [2.75, 3.05) is 6.54 Å². The van der Waals surface area contributed by atoms with Crippen molar-refractivity contribution in [2.45, 2.75) is 32.8 Å². The van der Waals surface area contributed by atoms with Gasteiger partial charge in [0.15, 0.2) is 0 Å². The van der Waals surface area contributed by atoms with E-state index in [1.54, 1.807) is 11.3 Å². The van der Waals surface area contributed by atoms with Crippen LogP contribution in [0, 0.1) is 20.8 Å². The largest absolute Gasteiger partial charge is 0.386 e. The van der Waals surface area contributed by atoms with E-state index in [-0.39, 0.29) is 5.92 Å². The van der Waals surface area contributed by atoms with Crippen molar-refractivity contribution >= 4 is 11.3 Å². The third kappa shape index (κ3) is 3.03. The summed E-state index contributed by atoms with van der Waals surface area (Å²) in [5.74, 6) is -0.110. The molecule has 2 atom stereocenters. The maximum absolute atomic E-state index is 10.5. The number of aryl methyl sites for hydroxylation is 3. The predicted molar refractivity (Wildman–Crippen MR) is 79.5 cm³/mol. The van der Waals surface area contributed by atoms with Crippen LogP contribution in [0.3, 0.4) is 0 Å². The van der Waals surface area contributed by atoms with E-state index in [0.29, 0.717) is 6.54 Å². The van der Waals surface area contributed by atoms with Crippen molar-refractivity contribution in [3.63, 3.8) is 0 Å². The molecule has 0 radical (unpaired) electrons. The molecule has 0 amide bonds. The van der Waals surface area contributed by atoms with E-state index in [4.69, 9.17) is 5.73 Å². The number of aromatic nitrogens is 1. The first-order chi connectivity index (χ1) is 9.02. The van der Waals surface area contributed by atoms with E-state index in [0.717, 1.165) is 16.3 Å². The summed E-state index contributed by atoms with van der Waals surface area (Å²) in [6.07, 6.45) is -0.642. The van der Waals surface area contributed by atoms with Gasteiger partial charge in [0.1, 0.15) is 6.10 Å². The van der Waals surface area contributed by atoms with Crippen molar-refractivity contribution in [3.8, 4) is 0 Å². The highest BCUT2D eigenvalue weighted by atomic mass is 32.1. The number of thiazole rings is 1. The zero-order valence-corrected chi connectivity index (χ0v) is 12.4. The average molecular weight is 276 g/mol. The Labute approximate surface area is 118 Å². The van der Waals surface area contributed by atoms with Gasteiger partial charge in [-0.1, -0.05) is 18.2 Å². The first kappa shape index (κ1) is 14.2. The summed E-state index contributed by atoms with van der Waals surface area (Å²) in [5, 5.41) is 13.3. The summed E-state index contributed by atoms with van der Waals surface area (Å²) in [5.41, 5.74) is 10.1. The van der Waals surface area contributed by atoms with Gasteiger partial charge in [0.25, 0.3) is 0 Å². The summed E-state index contributed by atoms with van der Waals surface area (Å²) >= 11 is 1.55. The quantitative estimate of drug-likeness (QED) is 0.902. The Kier molecular flexibility index (Phi) is 4.34. The number of hydrogen-bond acceptors (Lipinski definition) is 4. The lowest BCUT2D eigenvalue weighted by atomic mass is 9.90. The predicted octanol–water partition coefficient (Wildman–Crippen LogP) is 2.84. The Balaban J connectivity index is 2.30. The fourth-order valence-electron chi connectivity index (χ4n) is 2.16. The topological polar surface area (TPSA) is 59.1 Å². The smallest absolute Gasteiger partial charge is 0.105 e. The summed E-state index contributed by atoms with van der Waals surface area (Å²) in [6.45, 7) is 6.50. The van der Waals surface area contributed by atoms with Gasteiger partial charge in [0.05, 0.1) is 10.7 Å². The number of aliphatic hydroxyl groups excluding tert-OH is 1. The lowest BCUT2D eigenvalue weighted by molar-refractivity contribution is 0.143. The number of aliphatic hydroxyl groups is 1. The van der Waals surface area contributed by atoms with Crippen molar-refractivity contribution in [3.05, 3.63) is 51.0 Å². The molecule has 0 aliphatic rings. The van der Waals surface area contributed by atoms with Crippen molar-refractivity contribution in [2.24, 2.45) is 5.73 Å². The van der Waals surface area contributed by atoms with Crippen molar-refractivity contribution in [1.82, 2.24) is 4.98 Å². The van der Waals surface area contributed by atoms with Crippen molar-refractivity contribution < 1.29 is 5.11 Å². The normalized spacial score (nSPS) is 14.4. The molecule has 102 valence electrons. The third-order valence-electron chi connectivity index (χ3n) is 3.53. The highest BCUT2D eigenvalue weighted by Gasteiger charge is 2.23. The minimum atomic E-state index is -0.642. The van der Waals surface area contributed by atoms with Crippen LogP contribution in [0.2, 0.25) is 0 Å². The highest BCUT2D eigenvalue weighted by molar-refractivity contribution is 7.09. The molecule has 2 unspecified atom stereocenters. The zero-order chi connectivity index (χ0) is 14.0. The molecule has 0 spiro atoms. The molecule has 0 bridgehead atoms. The summed E-state index contributed by atoms with van der Waals surface area (Å²) < 4.78 is 0. The van der Waals surface area contributed by atoms with Gasteiger partial charge in [-0.3, -0.25) is 0 Å². The molecular weight excluding hydrogens is 256 g/mol. The van der Waals surface area contributed by atoms with Gasteiger partial charge in [-0.05, 0) is 37.5 Å². The Morgan fingerprint density at radius 1 is 1.26 bits per heavy atom. The molecule has 0 saturated carbocycles. The minimum absolute atomic E-state index is 0.110. The van der Waals surface area contributed by atoms with Gasteiger partial charge in [-0.2, -0.15) is 0 Å². The van der Waals surface area contributed by atoms with E-state index in [1.165, 1.54) is 11.1 Å². The highest BCUT2D eigenvalue weighted by Crippen LogP contribution is 2.31. The Bertz CT molecular complexity index is 565. The molecule has 0 saturated heterocycles. The number of hydrogen-bond donors (Lipinski definition) is 2. The van der Waals surface area contributed by atoms with Gasteiger partial charge < -0.3 is 10.8 Å². The van der Waals surface area contributed by atoms with Crippen LogP contribution in [0.1, 0.15) is 39.4 Å². The van der Waals surface area contributed by atoms with E-state index in [1.807, 2.05) is 18.4 Å². The molecule has 2 aromatic rings. The van der Waals surface area contributed by atoms with Crippen LogP contribution in [0.15, 0.2) is 23.6 Å². The molecule has 1 heterocycles. The molecule has 0 fully saturated rings. The zero-order valence-electron chi connectivity index (χ0n) is 11.6. The van der Waals surface area contributed by atoms with E-state index < -0.39 is 6.10 Å². The van der Waals surface area contributed by atoms with E-state index in [2.05, 4.69) is 31.0 Å².